The summed E-state index contributed by atoms with van der Waals surface area (Å²) in [6.45, 7) is 2.43. The first-order chi connectivity index (χ1) is 6.26. The molecule has 0 amide bonds. The SMILES string of the molecule is NC(N)C1(N2CCCC2)CCCC1. The Balaban J connectivity index is 2.11. The van der Waals surface area contributed by atoms with E-state index in [1.807, 2.05) is 0 Å². The largest absolute Gasteiger partial charge is 0.315 e. The van der Waals surface area contributed by atoms with Crippen molar-refractivity contribution in [3.63, 3.8) is 0 Å². The zero-order valence-corrected chi connectivity index (χ0v) is 8.34. The number of rotatable bonds is 2. The molecule has 1 aliphatic heterocycles. The van der Waals surface area contributed by atoms with Crippen LogP contribution in [0, 0.1) is 0 Å². The molecule has 1 heterocycles. The van der Waals surface area contributed by atoms with E-state index in [0.717, 1.165) is 0 Å². The molecule has 1 saturated heterocycles. The molecule has 76 valence electrons. The minimum absolute atomic E-state index is 0.145. The van der Waals surface area contributed by atoms with Gasteiger partial charge in [0, 0.05) is 5.54 Å². The Bertz CT molecular complexity index is 167. The standard InChI is InChI=1S/C10H21N3/c11-9(12)10(5-1-2-6-10)13-7-3-4-8-13/h9H,1-8,11-12H2. The fourth-order valence-electron chi connectivity index (χ4n) is 3.01. The third-order valence-corrected chi connectivity index (χ3v) is 3.83. The summed E-state index contributed by atoms with van der Waals surface area (Å²) in [4.78, 5) is 2.55. The first-order valence-electron chi connectivity index (χ1n) is 5.52. The second kappa shape index (κ2) is 3.56. The number of nitrogens with zero attached hydrogens (tertiary/aromatic N) is 1. The first kappa shape index (κ1) is 9.44. The summed E-state index contributed by atoms with van der Waals surface area (Å²) in [7, 11) is 0. The maximum Gasteiger partial charge on any atom is 0.0711 e. The molecule has 3 nitrogen and oxygen atoms in total. The van der Waals surface area contributed by atoms with Crippen molar-refractivity contribution in [3.05, 3.63) is 0 Å². The highest BCUT2D eigenvalue weighted by atomic mass is 15.3. The van der Waals surface area contributed by atoms with Gasteiger partial charge in [-0.15, -0.1) is 0 Å². The number of hydrogen-bond acceptors (Lipinski definition) is 3. The van der Waals surface area contributed by atoms with Gasteiger partial charge in [0.05, 0.1) is 6.17 Å². The van der Waals surface area contributed by atoms with E-state index in [-0.39, 0.29) is 11.7 Å². The van der Waals surface area contributed by atoms with E-state index >= 15 is 0 Å². The van der Waals surface area contributed by atoms with Crippen LogP contribution in [0.4, 0.5) is 0 Å². The molecule has 0 unspecified atom stereocenters. The van der Waals surface area contributed by atoms with Crippen LogP contribution in [0.1, 0.15) is 38.5 Å². The fourth-order valence-corrected chi connectivity index (χ4v) is 3.01. The molecule has 0 spiro atoms. The van der Waals surface area contributed by atoms with Crippen LogP contribution in [0.5, 0.6) is 0 Å². The number of hydrogen-bond donors (Lipinski definition) is 2. The topological polar surface area (TPSA) is 55.3 Å². The molecule has 13 heavy (non-hydrogen) atoms. The highest BCUT2D eigenvalue weighted by molar-refractivity contribution is 5.01. The Morgan fingerprint density at radius 3 is 1.92 bits per heavy atom. The van der Waals surface area contributed by atoms with Crippen LogP contribution in [0.15, 0.2) is 0 Å². The van der Waals surface area contributed by atoms with Crippen LogP contribution in [0.2, 0.25) is 0 Å². The van der Waals surface area contributed by atoms with Gasteiger partial charge in [0.15, 0.2) is 0 Å². The zero-order chi connectivity index (χ0) is 9.31. The van der Waals surface area contributed by atoms with Crippen LogP contribution >= 0.6 is 0 Å². The fraction of sp³-hybridized carbons (Fsp3) is 1.00. The number of nitrogens with two attached hydrogens (primary N) is 2. The van der Waals surface area contributed by atoms with Crippen molar-refractivity contribution in [2.24, 2.45) is 11.5 Å². The molecule has 0 radical (unpaired) electrons. The summed E-state index contributed by atoms with van der Waals surface area (Å²) < 4.78 is 0. The monoisotopic (exact) mass is 183 g/mol. The Hall–Kier alpha value is -0.120. The smallest absolute Gasteiger partial charge is 0.0711 e. The summed E-state index contributed by atoms with van der Waals surface area (Å²) in [5.41, 5.74) is 12.1. The summed E-state index contributed by atoms with van der Waals surface area (Å²) in [6, 6.07) is 0. The predicted molar refractivity (Wildman–Crippen MR) is 54.2 cm³/mol. The Morgan fingerprint density at radius 2 is 1.46 bits per heavy atom. The summed E-state index contributed by atoms with van der Waals surface area (Å²) in [5.74, 6) is 0. The summed E-state index contributed by atoms with van der Waals surface area (Å²) >= 11 is 0. The molecule has 0 aromatic heterocycles. The lowest BCUT2D eigenvalue weighted by Crippen LogP contribution is -2.61. The van der Waals surface area contributed by atoms with Gasteiger partial charge in [-0.1, -0.05) is 12.8 Å². The van der Waals surface area contributed by atoms with Crippen LogP contribution in [0.3, 0.4) is 0 Å². The molecule has 4 N–H and O–H groups in total. The second-order valence-corrected chi connectivity index (χ2v) is 4.53. The van der Waals surface area contributed by atoms with E-state index in [4.69, 9.17) is 11.5 Å². The van der Waals surface area contributed by atoms with Gasteiger partial charge in [0.1, 0.15) is 0 Å². The van der Waals surface area contributed by atoms with Crippen LogP contribution in [0.25, 0.3) is 0 Å². The van der Waals surface area contributed by atoms with Crippen LogP contribution < -0.4 is 11.5 Å². The average Bonchev–Trinajstić information content (AvgIpc) is 2.75. The van der Waals surface area contributed by atoms with Gasteiger partial charge >= 0.3 is 0 Å². The Morgan fingerprint density at radius 1 is 0.923 bits per heavy atom. The average molecular weight is 183 g/mol. The number of likely N-dealkylation sites (tertiary alicyclic amines) is 1. The lowest BCUT2D eigenvalue weighted by Gasteiger charge is -2.41. The lowest BCUT2D eigenvalue weighted by molar-refractivity contribution is 0.0944. The molecule has 2 rings (SSSR count). The molecule has 2 fully saturated rings. The molecule has 1 aliphatic carbocycles. The molecule has 0 aromatic carbocycles. The molecular weight excluding hydrogens is 162 g/mol. The molecule has 1 saturated carbocycles. The van der Waals surface area contributed by atoms with E-state index in [2.05, 4.69) is 4.90 Å². The summed E-state index contributed by atoms with van der Waals surface area (Å²) in [5, 5.41) is 0. The van der Waals surface area contributed by atoms with Crippen molar-refractivity contribution >= 4 is 0 Å². The minimum Gasteiger partial charge on any atom is -0.315 e. The van der Waals surface area contributed by atoms with E-state index < -0.39 is 0 Å². The van der Waals surface area contributed by atoms with Gasteiger partial charge in [0.25, 0.3) is 0 Å². The van der Waals surface area contributed by atoms with Crippen LogP contribution in [-0.4, -0.2) is 29.7 Å². The predicted octanol–water partition coefficient (Wildman–Crippen LogP) is 0.638. The molecule has 2 aliphatic rings. The lowest BCUT2D eigenvalue weighted by atomic mass is 9.92. The Kier molecular flexibility index (Phi) is 2.58. The van der Waals surface area contributed by atoms with Crippen molar-refractivity contribution in [1.82, 2.24) is 4.90 Å². The van der Waals surface area contributed by atoms with Gasteiger partial charge in [-0.2, -0.15) is 0 Å². The zero-order valence-electron chi connectivity index (χ0n) is 8.34. The minimum atomic E-state index is -0.145. The molecular formula is C10H21N3. The van der Waals surface area contributed by atoms with Crippen molar-refractivity contribution in [2.45, 2.75) is 50.2 Å². The van der Waals surface area contributed by atoms with Crippen molar-refractivity contribution in [2.75, 3.05) is 13.1 Å². The molecule has 0 atom stereocenters. The van der Waals surface area contributed by atoms with Gasteiger partial charge in [-0.3, -0.25) is 4.90 Å². The van der Waals surface area contributed by atoms with Gasteiger partial charge < -0.3 is 11.5 Å². The highest BCUT2D eigenvalue weighted by Gasteiger charge is 2.43. The highest BCUT2D eigenvalue weighted by Crippen LogP contribution is 2.37. The maximum atomic E-state index is 5.95. The Labute approximate surface area is 80.5 Å². The van der Waals surface area contributed by atoms with E-state index in [1.54, 1.807) is 0 Å². The van der Waals surface area contributed by atoms with Crippen molar-refractivity contribution in [3.8, 4) is 0 Å². The molecule has 3 heteroatoms. The van der Waals surface area contributed by atoms with E-state index in [9.17, 15) is 0 Å². The van der Waals surface area contributed by atoms with Gasteiger partial charge in [-0.05, 0) is 38.8 Å². The third-order valence-electron chi connectivity index (χ3n) is 3.83. The first-order valence-corrected chi connectivity index (χ1v) is 5.52. The normalized spacial score (nSPS) is 28.8. The van der Waals surface area contributed by atoms with E-state index in [0.29, 0.717) is 0 Å². The van der Waals surface area contributed by atoms with Crippen molar-refractivity contribution < 1.29 is 0 Å². The molecule has 0 aromatic rings. The van der Waals surface area contributed by atoms with Gasteiger partial charge in [-0.25, -0.2) is 0 Å². The van der Waals surface area contributed by atoms with E-state index in [1.165, 1.54) is 51.6 Å². The van der Waals surface area contributed by atoms with Crippen molar-refractivity contribution in [1.29, 1.82) is 0 Å². The maximum absolute atomic E-state index is 5.95. The molecule has 0 bridgehead atoms. The summed E-state index contributed by atoms with van der Waals surface area (Å²) in [6.07, 6.45) is 7.55. The second-order valence-electron chi connectivity index (χ2n) is 4.53. The van der Waals surface area contributed by atoms with Crippen LogP contribution in [-0.2, 0) is 0 Å². The quantitative estimate of drug-likeness (QED) is 0.618. The van der Waals surface area contributed by atoms with Gasteiger partial charge in [0.2, 0.25) is 0 Å². The third kappa shape index (κ3) is 1.49.